The van der Waals surface area contributed by atoms with Crippen molar-refractivity contribution in [2.75, 3.05) is 33.4 Å². The maximum absolute atomic E-state index is 8.89. The molecule has 0 radical (unpaired) electrons. The largest absolute Gasteiger partial charge is 0.494 e. The van der Waals surface area contributed by atoms with Gasteiger partial charge in [0.2, 0.25) is 0 Å². The zero-order chi connectivity index (χ0) is 13.5. The highest BCUT2D eigenvalue weighted by Gasteiger charge is 2.15. The molecule has 1 atom stereocenters. The lowest BCUT2D eigenvalue weighted by Crippen LogP contribution is -2.26. The van der Waals surface area contributed by atoms with Gasteiger partial charge in [0.25, 0.3) is 0 Å². The molecule has 0 aliphatic carbocycles. The van der Waals surface area contributed by atoms with Gasteiger partial charge < -0.3 is 14.7 Å². The fourth-order valence-corrected chi connectivity index (χ4v) is 2.24. The molecular formula is C14H22ClNO2. The highest BCUT2D eigenvalue weighted by atomic mass is 35.5. The smallest absolute Gasteiger partial charge is 0.124 e. The second kappa shape index (κ2) is 7.62. The molecule has 4 heteroatoms. The Kier molecular flexibility index (Phi) is 6.47. The topological polar surface area (TPSA) is 32.7 Å². The summed E-state index contributed by atoms with van der Waals surface area (Å²) >= 11 is 6.45. The SMILES string of the molecule is CCOc1ccc(C)cc1C(Cl)CN(C)CCO. The molecule has 18 heavy (non-hydrogen) atoms. The number of benzene rings is 1. The summed E-state index contributed by atoms with van der Waals surface area (Å²) < 4.78 is 5.60. The van der Waals surface area contributed by atoms with Crippen molar-refractivity contribution in [3.8, 4) is 5.75 Å². The quantitative estimate of drug-likeness (QED) is 0.774. The van der Waals surface area contributed by atoms with Crippen LogP contribution in [0.5, 0.6) is 5.75 Å². The van der Waals surface area contributed by atoms with E-state index in [1.807, 2.05) is 37.9 Å². The van der Waals surface area contributed by atoms with E-state index in [1.165, 1.54) is 5.56 Å². The number of halogens is 1. The molecular weight excluding hydrogens is 250 g/mol. The third-order valence-electron chi connectivity index (χ3n) is 2.76. The van der Waals surface area contributed by atoms with E-state index in [0.717, 1.165) is 11.3 Å². The van der Waals surface area contributed by atoms with E-state index in [4.69, 9.17) is 21.4 Å². The van der Waals surface area contributed by atoms with Crippen molar-refractivity contribution in [2.24, 2.45) is 0 Å². The van der Waals surface area contributed by atoms with Crippen LogP contribution >= 0.6 is 11.6 Å². The normalized spacial score (nSPS) is 12.8. The predicted molar refractivity (Wildman–Crippen MR) is 75.5 cm³/mol. The lowest BCUT2D eigenvalue weighted by Gasteiger charge is -2.21. The fourth-order valence-electron chi connectivity index (χ4n) is 1.83. The molecule has 0 saturated heterocycles. The molecule has 0 amide bonds. The molecule has 1 aromatic rings. The van der Waals surface area contributed by atoms with Crippen LogP contribution in [0.4, 0.5) is 0 Å². The van der Waals surface area contributed by atoms with Crippen LogP contribution in [-0.2, 0) is 0 Å². The van der Waals surface area contributed by atoms with E-state index in [9.17, 15) is 0 Å². The second-order valence-electron chi connectivity index (χ2n) is 4.43. The summed E-state index contributed by atoms with van der Waals surface area (Å²) in [6, 6.07) is 6.06. The first-order valence-electron chi connectivity index (χ1n) is 6.25. The molecule has 0 fully saturated rings. The zero-order valence-corrected chi connectivity index (χ0v) is 12.1. The summed E-state index contributed by atoms with van der Waals surface area (Å²) in [4.78, 5) is 2.01. The van der Waals surface area contributed by atoms with Crippen LogP contribution in [0.1, 0.15) is 23.4 Å². The van der Waals surface area contributed by atoms with Gasteiger partial charge in [-0.05, 0) is 27.0 Å². The van der Waals surface area contributed by atoms with Gasteiger partial charge in [-0.2, -0.15) is 0 Å². The van der Waals surface area contributed by atoms with E-state index in [2.05, 4.69) is 6.07 Å². The molecule has 0 heterocycles. The van der Waals surface area contributed by atoms with Crippen molar-refractivity contribution >= 4 is 11.6 Å². The van der Waals surface area contributed by atoms with Crippen molar-refractivity contribution < 1.29 is 9.84 Å². The first-order chi connectivity index (χ1) is 8.58. The van der Waals surface area contributed by atoms with Gasteiger partial charge >= 0.3 is 0 Å². The zero-order valence-electron chi connectivity index (χ0n) is 11.3. The standard InChI is InChI=1S/C14H22ClNO2/c1-4-18-14-6-5-11(2)9-12(14)13(15)10-16(3)7-8-17/h5-6,9,13,17H,4,7-8,10H2,1-3H3. The third-order valence-corrected chi connectivity index (χ3v) is 3.13. The van der Waals surface area contributed by atoms with Gasteiger partial charge in [-0.3, -0.25) is 0 Å². The van der Waals surface area contributed by atoms with Gasteiger partial charge in [-0.25, -0.2) is 0 Å². The lowest BCUT2D eigenvalue weighted by atomic mass is 10.1. The Bertz CT molecular complexity index is 371. The van der Waals surface area contributed by atoms with Crippen LogP contribution in [0.25, 0.3) is 0 Å². The summed E-state index contributed by atoms with van der Waals surface area (Å²) in [5.41, 5.74) is 2.19. The second-order valence-corrected chi connectivity index (χ2v) is 4.95. The maximum atomic E-state index is 8.89. The van der Waals surface area contributed by atoms with Crippen molar-refractivity contribution in [1.82, 2.24) is 4.90 Å². The van der Waals surface area contributed by atoms with Gasteiger partial charge in [0, 0.05) is 18.7 Å². The number of aryl methyl sites for hydroxylation is 1. The van der Waals surface area contributed by atoms with Crippen LogP contribution in [0.3, 0.4) is 0 Å². The molecule has 1 unspecified atom stereocenters. The predicted octanol–water partition coefficient (Wildman–Crippen LogP) is 2.60. The van der Waals surface area contributed by atoms with Gasteiger partial charge in [-0.1, -0.05) is 17.7 Å². The number of nitrogens with zero attached hydrogens (tertiary/aromatic N) is 1. The average Bonchev–Trinajstić information content (AvgIpc) is 2.32. The highest BCUT2D eigenvalue weighted by Crippen LogP contribution is 2.31. The molecule has 0 saturated carbocycles. The summed E-state index contributed by atoms with van der Waals surface area (Å²) in [5.74, 6) is 0.848. The average molecular weight is 272 g/mol. The number of likely N-dealkylation sites (N-methyl/N-ethyl adjacent to an activating group) is 1. The van der Waals surface area contributed by atoms with Crippen LogP contribution in [0.2, 0.25) is 0 Å². The molecule has 0 bridgehead atoms. The molecule has 0 spiro atoms. The van der Waals surface area contributed by atoms with Crippen LogP contribution in [-0.4, -0.2) is 43.4 Å². The molecule has 1 rings (SSSR count). The summed E-state index contributed by atoms with van der Waals surface area (Å²) in [6.45, 7) is 6.09. The maximum Gasteiger partial charge on any atom is 0.124 e. The molecule has 1 aromatic carbocycles. The van der Waals surface area contributed by atoms with E-state index in [-0.39, 0.29) is 12.0 Å². The Hall–Kier alpha value is -0.770. The molecule has 102 valence electrons. The van der Waals surface area contributed by atoms with Crippen molar-refractivity contribution in [1.29, 1.82) is 0 Å². The number of hydrogen-bond donors (Lipinski definition) is 1. The monoisotopic (exact) mass is 271 g/mol. The van der Waals surface area contributed by atoms with Gasteiger partial charge in [0.1, 0.15) is 5.75 Å². The number of aliphatic hydroxyl groups excluding tert-OH is 1. The first kappa shape index (κ1) is 15.3. The Balaban J connectivity index is 2.82. The van der Waals surface area contributed by atoms with Crippen LogP contribution in [0.15, 0.2) is 18.2 Å². The first-order valence-corrected chi connectivity index (χ1v) is 6.69. The Labute approximate surface area is 114 Å². The van der Waals surface area contributed by atoms with E-state index in [1.54, 1.807) is 0 Å². The number of alkyl halides is 1. The molecule has 1 N–H and O–H groups in total. The molecule has 0 aliphatic heterocycles. The lowest BCUT2D eigenvalue weighted by molar-refractivity contribution is 0.221. The van der Waals surface area contributed by atoms with E-state index in [0.29, 0.717) is 19.7 Å². The van der Waals surface area contributed by atoms with Crippen molar-refractivity contribution in [3.05, 3.63) is 29.3 Å². The third kappa shape index (κ3) is 4.48. The Morgan fingerprint density at radius 1 is 1.44 bits per heavy atom. The van der Waals surface area contributed by atoms with Gasteiger partial charge in [-0.15, -0.1) is 11.6 Å². The Morgan fingerprint density at radius 3 is 2.78 bits per heavy atom. The van der Waals surface area contributed by atoms with Crippen molar-refractivity contribution in [2.45, 2.75) is 19.2 Å². The molecule has 0 aromatic heterocycles. The van der Waals surface area contributed by atoms with Crippen LogP contribution < -0.4 is 4.74 Å². The molecule has 0 aliphatic rings. The highest BCUT2D eigenvalue weighted by molar-refractivity contribution is 6.21. The van der Waals surface area contributed by atoms with Crippen molar-refractivity contribution in [3.63, 3.8) is 0 Å². The Morgan fingerprint density at radius 2 is 2.17 bits per heavy atom. The van der Waals surface area contributed by atoms with Crippen LogP contribution in [0, 0.1) is 6.92 Å². The minimum absolute atomic E-state index is 0.136. The minimum Gasteiger partial charge on any atom is -0.494 e. The summed E-state index contributed by atoms with van der Waals surface area (Å²) in [7, 11) is 1.95. The number of rotatable bonds is 7. The van der Waals surface area contributed by atoms with E-state index < -0.39 is 0 Å². The number of ether oxygens (including phenoxy) is 1. The summed E-state index contributed by atoms with van der Waals surface area (Å²) in [5, 5.41) is 8.76. The minimum atomic E-state index is -0.136. The van der Waals surface area contributed by atoms with Gasteiger partial charge in [0.05, 0.1) is 18.6 Å². The molecule has 3 nitrogen and oxygen atoms in total. The number of hydrogen-bond acceptors (Lipinski definition) is 3. The van der Waals surface area contributed by atoms with Gasteiger partial charge in [0.15, 0.2) is 0 Å². The fraction of sp³-hybridized carbons (Fsp3) is 0.571. The van der Waals surface area contributed by atoms with E-state index >= 15 is 0 Å². The number of aliphatic hydroxyl groups is 1. The summed E-state index contributed by atoms with van der Waals surface area (Å²) in [6.07, 6.45) is 0.